The van der Waals surface area contributed by atoms with Crippen molar-refractivity contribution >= 4 is 43.9 Å². The molecule has 3 N–H and O–H groups in total. The van der Waals surface area contributed by atoms with Crippen molar-refractivity contribution in [1.29, 1.82) is 0 Å². The SMILES string of the molecule is NC(=S)c1cccc(-c2cn(C3CCN(S(=O)(=O)C(F)(F)F)CC3)c3cc(CCC(=O)CCC4CCN4)ccc23)c1. The first kappa shape index (κ1) is 29.7. The first-order valence-electron chi connectivity index (χ1n) is 13.8. The van der Waals surface area contributed by atoms with Gasteiger partial charge in [-0.25, -0.2) is 8.42 Å². The third-order valence-electron chi connectivity index (χ3n) is 8.20. The lowest BCUT2D eigenvalue weighted by molar-refractivity contribution is -0.119. The van der Waals surface area contributed by atoms with E-state index in [0.29, 0.717) is 29.6 Å². The average Bonchev–Trinajstić information content (AvgIpc) is 3.29. The molecule has 2 aliphatic rings. The molecule has 2 fully saturated rings. The molecule has 41 heavy (non-hydrogen) atoms. The number of Topliss-reactive ketones (excluding diaryl/α,β-unsaturated/α-hetero) is 1. The number of carbonyl (C=O) groups is 1. The second kappa shape index (κ2) is 11.8. The van der Waals surface area contributed by atoms with Crippen molar-refractivity contribution in [2.75, 3.05) is 19.6 Å². The first-order valence-corrected chi connectivity index (χ1v) is 15.6. The van der Waals surface area contributed by atoms with E-state index in [9.17, 15) is 26.4 Å². The Bertz CT molecular complexity index is 1560. The number of nitrogens with zero attached hydrogens (tertiary/aromatic N) is 2. The fourth-order valence-electron chi connectivity index (χ4n) is 5.67. The summed E-state index contributed by atoms with van der Waals surface area (Å²) in [6, 6.07) is 13.9. The molecule has 1 unspecified atom stereocenters. The number of rotatable bonds is 10. The predicted octanol–water partition coefficient (Wildman–Crippen LogP) is 5.07. The quantitative estimate of drug-likeness (QED) is 0.313. The average molecular weight is 607 g/mol. The van der Waals surface area contributed by atoms with Crippen LogP contribution in [0, 0.1) is 0 Å². The Morgan fingerprint density at radius 3 is 2.44 bits per heavy atom. The molecular weight excluding hydrogens is 573 g/mol. The highest BCUT2D eigenvalue weighted by molar-refractivity contribution is 7.90. The van der Waals surface area contributed by atoms with Gasteiger partial charge in [-0.1, -0.05) is 42.5 Å². The zero-order valence-corrected chi connectivity index (χ0v) is 24.1. The lowest BCUT2D eigenvalue weighted by atomic mass is 9.97. The number of fused-ring (bicyclic) bond motifs is 1. The number of nitrogens with one attached hydrogen (secondary N) is 1. The fraction of sp³-hybridized carbons (Fsp3) is 0.448. The van der Waals surface area contributed by atoms with Crippen molar-refractivity contribution in [1.82, 2.24) is 14.2 Å². The number of alkyl halides is 3. The van der Waals surface area contributed by atoms with Crippen LogP contribution in [-0.2, 0) is 21.2 Å². The highest BCUT2D eigenvalue weighted by Crippen LogP contribution is 2.38. The molecule has 0 radical (unpaired) electrons. The Hall–Kier alpha value is -2.80. The first-order chi connectivity index (χ1) is 19.4. The summed E-state index contributed by atoms with van der Waals surface area (Å²) in [7, 11) is -5.36. The summed E-state index contributed by atoms with van der Waals surface area (Å²) in [6.07, 6.45) is 6.01. The van der Waals surface area contributed by atoms with Gasteiger partial charge in [-0.2, -0.15) is 17.5 Å². The predicted molar refractivity (Wildman–Crippen MR) is 157 cm³/mol. The molecule has 12 heteroatoms. The number of hydrogen-bond donors (Lipinski definition) is 2. The van der Waals surface area contributed by atoms with Gasteiger partial charge in [-0.05, 0) is 61.9 Å². The van der Waals surface area contributed by atoms with E-state index in [-0.39, 0.29) is 42.7 Å². The lowest BCUT2D eigenvalue weighted by Gasteiger charge is -2.32. The molecule has 0 bridgehead atoms. The maximum absolute atomic E-state index is 13.1. The summed E-state index contributed by atoms with van der Waals surface area (Å²) >= 11 is 5.16. The number of piperidine rings is 1. The number of carbonyl (C=O) groups excluding carboxylic acids is 1. The fourth-order valence-corrected chi connectivity index (χ4v) is 6.78. The van der Waals surface area contributed by atoms with Gasteiger partial charge in [0.1, 0.15) is 10.8 Å². The third-order valence-corrected chi connectivity index (χ3v) is 10.1. The molecule has 2 aliphatic heterocycles. The normalized spacial score (nSPS) is 18.9. The Morgan fingerprint density at radius 1 is 1.07 bits per heavy atom. The highest BCUT2D eigenvalue weighted by atomic mass is 32.2. The number of ketones is 1. The zero-order chi connectivity index (χ0) is 29.4. The maximum atomic E-state index is 13.1. The molecule has 0 aliphatic carbocycles. The van der Waals surface area contributed by atoms with Gasteiger partial charge in [0, 0.05) is 66.2 Å². The molecular formula is C29H33F3N4O3S2. The Kier molecular flexibility index (Phi) is 8.56. The van der Waals surface area contributed by atoms with Gasteiger partial charge >= 0.3 is 15.5 Å². The summed E-state index contributed by atoms with van der Waals surface area (Å²) in [5.41, 5.74) is 4.96. The molecule has 0 saturated carbocycles. The molecule has 2 saturated heterocycles. The standard InChI is InChI=1S/C29H33F3N4O3S2/c30-29(31,32)41(38,39)35-14-11-23(12-15-35)36-18-26(20-2-1-3-21(17-20)28(33)40)25-9-5-19(16-27(25)36)4-7-24(37)8-6-22-10-13-34-22/h1-3,5,9,16-18,22-23,34H,4,6-8,10-15H2,(H2,33,40). The van der Waals surface area contributed by atoms with E-state index in [2.05, 4.69) is 5.32 Å². The van der Waals surface area contributed by atoms with E-state index in [1.807, 2.05) is 53.2 Å². The summed E-state index contributed by atoms with van der Waals surface area (Å²) < 4.78 is 65.9. The van der Waals surface area contributed by atoms with Crippen molar-refractivity contribution in [3.63, 3.8) is 0 Å². The van der Waals surface area contributed by atoms with Crippen LogP contribution in [0.3, 0.4) is 0 Å². The van der Waals surface area contributed by atoms with E-state index in [4.69, 9.17) is 18.0 Å². The van der Waals surface area contributed by atoms with Gasteiger partial charge in [0.25, 0.3) is 0 Å². The molecule has 2 aromatic carbocycles. The smallest absolute Gasteiger partial charge is 0.389 e. The summed E-state index contributed by atoms with van der Waals surface area (Å²) in [5.74, 6) is 0.225. The van der Waals surface area contributed by atoms with Crippen LogP contribution in [0.25, 0.3) is 22.0 Å². The number of sulfonamides is 1. The van der Waals surface area contributed by atoms with Gasteiger partial charge in [0.05, 0.1) is 0 Å². The van der Waals surface area contributed by atoms with E-state index >= 15 is 0 Å². The van der Waals surface area contributed by atoms with Crippen LogP contribution in [0.1, 0.15) is 55.7 Å². The van der Waals surface area contributed by atoms with Gasteiger partial charge in [-0.3, -0.25) is 4.79 Å². The molecule has 1 atom stereocenters. The number of halogens is 3. The van der Waals surface area contributed by atoms with Crippen LogP contribution >= 0.6 is 12.2 Å². The number of aromatic nitrogens is 1. The molecule has 220 valence electrons. The van der Waals surface area contributed by atoms with Gasteiger partial charge in [-0.15, -0.1) is 0 Å². The summed E-state index contributed by atoms with van der Waals surface area (Å²) in [6.45, 7) is 0.575. The molecule has 0 amide bonds. The maximum Gasteiger partial charge on any atom is 0.511 e. The lowest BCUT2D eigenvalue weighted by Crippen LogP contribution is -2.45. The van der Waals surface area contributed by atoms with Crippen LogP contribution < -0.4 is 11.1 Å². The van der Waals surface area contributed by atoms with E-state index < -0.39 is 15.5 Å². The van der Waals surface area contributed by atoms with Gasteiger partial charge < -0.3 is 15.6 Å². The second-order valence-corrected chi connectivity index (χ2v) is 13.2. The molecule has 3 aromatic rings. The second-order valence-electron chi connectivity index (χ2n) is 10.8. The van der Waals surface area contributed by atoms with Crippen molar-refractivity contribution in [2.45, 2.75) is 62.5 Å². The van der Waals surface area contributed by atoms with Gasteiger partial charge in [0.15, 0.2) is 0 Å². The van der Waals surface area contributed by atoms with Crippen LogP contribution in [-0.4, -0.2) is 59.2 Å². The van der Waals surface area contributed by atoms with E-state index in [1.54, 1.807) is 0 Å². The van der Waals surface area contributed by atoms with Crippen LogP contribution in [0.2, 0.25) is 0 Å². The minimum Gasteiger partial charge on any atom is -0.389 e. The van der Waals surface area contributed by atoms with Crippen LogP contribution in [0.4, 0.5) is 13.2 Å². The molecule has 7 nitrogen and oxygen atoms in total. The number of benzene rings is 2. The molecule has 0 spiro atoms. The molecule has 3 heterocycles. The van der Waals surface area contributed by atoms with E-state index in [0.717, 1.165) is 52.5 Å². The van der Waals surface area contributed by atoms with Crippen LogP contribution in [0.15, 0.2) is 48.7 Å². The van der Waals surface area contributed by atoms with Crippen molar-refractivity contribution < 1.29 is 26.4 Å². The minimum absolute atomic E-state index is 0.198. The molecule has 1 aromatic heterocycles. The van der Waals surface area contributed by atoms with Crippen molar-refractivity contribution in [3.05, 3.63) is 59.8 Å². The topological polar surface area (TPSA) is 97.4 Å². The zero-order valence-electron chi connectivity index (χ0n) is 22.5. The number of aryl methyl sites for hydroxylation is 1. The molecule has 5 rings (SSSR count). The van der Waals surface area contributed by atoms with Crippen molar-refractivity contribution in [3.8, 4) is 11.1 Å². The third kappa shape index (κ3) is 6.35. The number of hydrogen-bond acceptors (Lipinski definition) is 5. The monoisotopic (exact) mass is 606 g/mol. The largest absolute Gasteiger partial charge is 0.511 e. The van der Waals surface area contributed by atoms with Gasteiger partial charge in [0.2, 0.25) is 0 Å². The van der Waals surface area contributed by atoms with Crippen LogP contribution in [0.5, 0.6) is 0 Å². The summed E-state index contributed by atoms with van der Waals surface area (Å²) in [5, 5.41) is 4.26. The Labute approximate surface area is 242 Å². The Balaban J connectivity index is 1.42. The van der Waals surface area contributed by atoms with Crippen molar-refractivity contribution in [2.24, 2.45) is 5.73 Å². The minimum atomic E-state index is -5.36. The highest BCUT2D eigenvalue weighted by Gasteiger charge is 2.50. The van der Waals surface area contributed by atoms with E-state index in [1.165, 1.54) is 0 Å². The summed E-state index contributed by atoms with van der Waals surface area (Å²) in [4.78, 5) is 12.8. The Morgan fingerprint density at radius 2 is 1.80 bits per heavy atom. The number of thiocarbonyl (C=S) groups is 1. The number of nitrogens with two attached hydrogens (primary N) is 1.